The van der Waals surface area contributed by atoms with Crippen LogP contribution in [0.3, 0.4) is 0 Å². The van der Waals surface area contributed by atoms with Crippen LogP contribution in [-0.2, 0) is 17.7 Å². The number of rotatable bonds is 13. The molecule has 0 aliphatic carbocycles. The summed E-state index contributed by atoms with van der Waals surface area (Å²) >= 11 is 0. The van der Waals surface area contributed by atoms with Gasteiger partial charge in [-0.15, -0.1) is 24.0 Å². The molecular weight excluding hydrogens is 523 g/mol. The number of benzene rings is 1. The van der Waals surface area contributed by atoms with Crippen LogP contribution >= 0.6 is 24.0 Å². The summed E-state index contributed by atoms with van der Waals surface area (Å²) in [5.74, 6) is 2.86. The molecule has 0 unspecified atom stereocenters. The maximum absolute atomic E-state index is 5.71. The predicted octanol–water partition coefficient (Wildman–Crippen LogP) is 3.43. The van der Waals surface area contributed by atoms with Crippen LogP contribution < -0.4 is 24.8 Å². The van der Waals surface area contributed by atoms with Gasteiger partial charge in [-0.1, -0.05) is 12.1 Å². The van der Waals surface area contributed by atoms with Gasteiger partial charge < -0.3 is 29.6 Å². The zero-order valence-corrected chi connectivity index (χ0v) is 21.7. The number of aromatic nitrogens is 1. The van der Waals surface area contributed by atoms with E-state index in [0.29, 0.717) is 44.8 Å². The highest BCUT2D eigenvalue weighted by molar-refractivity contribution is 14.0. The first-order valence-electron chi connectivity index (χ1n) is 10.6. The fourth-order valence-electron chi connectivity index (χ4n) is 2.89. The van der Waals surface area contributed by atoms with Crippen molar-refractivity contribution in [2.24, 2.45) is 4.99 Å². The normalized spacial score (nSPS) is 10.8. The largest absolute Gasteiger partial charge is 0.490 e. The third kappa shape index (κ3) is 9.47. The molecule has 0 amide bonds. The van der Waals surface area contributed by atoms with Crippen LogP contribution in [0.5, 0.6) is 17.4 Å². The van der Waals surface area contributed by atoms with Gasteiger partial charge in [-0.3, -0.25) is 4.99 Å². The first kappa shape index (κ1) is 27.8. The Hall–Kier alpha value is -2.27. The minimum Gasteiger partial charge on any atom is -0.490 e. The molecule has 0 fully saturated rings. The number of nitrogens with one attached hydrogen (secondary N) is 2. The molecule has 32 heavy (non-hydrogen) atoms. The van der Waals surface area contributed by atoms with Crippen LogP contribution in [0.25, 0.3) is 0 Å². The first-order chi connectivity index (χ1) is 15.2. The highest BCUT2D eigenvalue weighted by atomic mass is 127. The van der Waals surface area contributed by atoms with E-state index >= 15 is 0 Å². The summed E-state index contributed by atoms with van der Waals surface area (Å²) in [5, 5.41) is 6.64. The summed E-state index contributed by atoms with van der Waals surface area (Å²) in [6.07, 6.45) is 2.54. The van der Waals surface area contributed by atoms with Crippen molar-refractivity contribution in [3.05, 3.63) is 47.7 Å². The Kier molecular flexibility index (Phi) is 14.2. The van der Waals surface area contributed by atoms with Gasteiger partial charge in [-0.2, -0.15) is 0 Å². The fraction of sp³-hybridized carbons (Fsp3) is 0.478. The summed E-state index contributed by atoms with van der Waals surface area (Å²) in [6.45, 7) is 7.39. The van der Waals surface area contributed by atoms with Gasteiger partial charge in [0.1, 0.15) is 6.61 Å². The maximum atomic E-state index is 5.71. The second-order valence-electron chi connectivity index (χ2n) is 6.56. The van der Waals surface area contributed by atoms with E-state index in [1.165, 1.54) is 0 Å². The average molecular weight is 558 g/mol. The number of methoxy groups -OCH3 is 1. The molecule has 9 heteroatoms. The van der Waals surface area contributed by atoms with Gasteiger partial charge in [0.15, 0.2) is 17.5 Å². The first-order valence-corrected chi connectivity index (χ1v) is 10.6. The molecule has 178 valence electrons. The molecule has 1 aromatic heterocycles. The van der Waals surface area contributed by atoms with Crippen LogP contribution in [0.15, 0.2) is 41.5 Å². The van der Waals surface area contributed by atoms with Gasteiger partial charge in [0.25, 0.3) is 0 Å². The van der Waals surface area contributed by atoms with Gasteiger partial charge in [0, 0.05) is 39.0 Å². The number of nitrogens with zero attached hydrogens (tertiary/aromatic N) is 2. The second kappa shape index (κ2) is 16.4. The standard InChI is InChI=1S/C23H34N4O4.HI/c1-5-29-20-10-9-18(16-21(20)30-6-2)11-13-26-23(24-3)27-17-19-8-7-12-25-22(19)31-15-14-28-4;/h7-10,12,16H,5-6,11,13-15,17H2,1-4H3,(H2,24,26,27);1H. The fourth-order valence-corrected chi connectivity index (χ4v) is 2.89. The van der Waals surface area contributed by atoms with Gasteiger partial charge in [-0.25, -0.2) is 4.98 Å². The van der Waals surface area contributed by atoms with Gasteiger partial charge in [0.05, 0.1) is 19.8 Å². The zero-order valence-electron chi connectivity index (χ0n) is 19.3. The predicted molar refractivity (Wildman–Crippen MR) is 138 cm³/mol. The van der Waals surface area contributed by atoms with Crippen LogP contribution in [0.1, 0.15) is 25.0 Å². The molecule has 0 bridgehead atoms. The van der Waals surface area contributed by atoms with E-state index < -0.39 is 0 Å². The minimum absolute atomic E-state index is 0. The number of hydrogen-bond donors (Lipinski definition) is 2. The lowest BCUT2D eigenvalue weighted by molar-refractivity contribution is 0.143. The van der Waals surface area contributed by atoms with Crippen molar-refractivity contribution in [1.82, 2.24) is 15.6 Å². The van der Waals surface area contributed by atoms with Crippen molar-refractivity contribution in [3.8, 4) is 17.4 Å². The molecule has 0 saturated heterocycles. The quantitative estimate of drug-likeness (QED) is 0.169. The third-order valence-electron chi connectivity index (χ3n) is 4.36. The van der Waals surface area contributed by atoms with E-state index in [1.54, 1.807) is 20.4 Å². The molecule has 0 aliphatic heterocycles. The number of hydrogen-bond acceptors (Lipinski definition) is 6. The summed E-state index contributed by atoms with van der Waals surface area (Å²) < 4.78 is 22.0. The number of guanidine groups is 1. The SMILES string of the molecule is CCOc1ccc(CCNC(=NC)NCc2cccnc2OCCOC)cc1OCC.I. The topological polar surface area (TPSA) is 86.2 Å². The molecule has 0 saturated carbocycles. The number of pyridine rings is 1. The molecule has 2 N–H and O–H groups in total. The molecule has 0 atom stereocenters. The van der Waals surface area contributed by atoms with Crippen molar-refractivity contribution in [2.45, 2.75) is 26.8 Å². The van der Waals surface area contributed by atoms with Gasteiger partial charge >= 0.3 is 0 Å². The van der Waals surface area contributed by atoms with E-state index in [0.717, 1.165) is 35.6 Å². The zero-order chi connectivity index (χ0) is 22.3. The van der Waals surface area contributed by atoms with Gasteiger partial charge in [0.2, 0.25) is 5.88 Å². The van der Waals surface area contributed by atoms with E-state index in [4.69, 9.17) is 18.9 Å². The van der Waals surface area contributed by atoms with Crippen LogP contribution in [0.2, 0.25) is 0 Å². The van der Waals surface area contributed by atoms with Crippen LogP contribution in [-0.4, -0.2) is 58.1 Å². The summed E-state index contributed by atoms with van der Waals surface area (Å²) in [5.41, 5.74) is 2.12. The van der Waals surface area contributed by atoms with E-state index in [1.807, 2.05) is 38.1 Å². The Morgan fingerprint density at radius 1 is 1.00 bits per heavy atom. The van der Waals surface area contributed by atoms with Crippen LogP contribution in [0, 0.1) is 0 Å². The van der Waals surface area contributed by atoms with Crippen molar-refractivity contribution in [3.63, 3.8) is 0 Å². The Labute approximate surface area is 208 Å². The lowest BCUT2D eigenvalue weighted by Gasteiger charge is -2.15. The van der Waals surface area contributed by atoms with E-state index in [-0.39, 0.29) is 24.0 Å². The Morgan fingerprint density at radius 2 is 1.78 bits per heavy atom. The highest BCUT2D eigenvalue weighted by Crippen LogP contribution is 2.28. The van der Waals surface area contributed by atoms with E-state index in [9.17, 15) is 0 Å². The molecular formula is C23H35IN4O4. The Balaban J connectivity index is 0.00000512. The molecule has 2 rings (SSSR count). The second-order valence-corrected chi connectivity index (χ2v) is 6.56. The van der Waals surface area contributed by atoms with E-state index in [2.05, 4.69) is 26.7 Å². The highest BCUT2D eigenvalue weighted by Gasteiger charge is 2.08. The average Bonchev–Trinajstić information content (AvgIpc) is 2.79. The smallest absolute Gasteiger partial charge is 0.218 e. The molecule has 8 nitrogen and oxygen atoms in total. The van der Waals surface area contributed by atoms with Crippen molar-refractivity contribution in [1.29, 1.82) is 0 Å². The number of aliphatic imine (C=N–C) groups is 1. The lowest BCUT2D eigenvalue weighted by Crippen LogP contribution is -2.38. The number of halogens is 1. The van der Waals surface area contributed by atoms with Crippen molar-refractivity contribution < 1.29 is 18.9 Å². The summed E-state index contributed by atoms with van der Waals surface area (Å²) in [4.78, 5) is 8.59. The maximum Gasteiger partial charge on any atom is 0.218 e. The van der Waals surface area contributed by atoms with Crippen molar-refractivity contribution in [2.75, 3.05) is 47.1 Å². The molecule has 0 aliphatic rings. The monoisotopic (exact) mass is 558 g/mol. The molecule has 2 aromatic rings. The molecule has 0 radical (unpaired) electrons. The molecule has 0 spiro atoms. The molecule has 1 heterocycles. The van der Waals surface area contributed by atoms with Gasteiger partial charge in [-0.05, 0) is 44.0 Å². The summed E-state index contributed by atoms with van der Waals surface area (Å²) in [6, 6.07) is 9.92. The Bertz CT molecular complexity index is 820. The molecule has 1 aromatic carbocycles. The van der Waals surface area contributed by atoms with Crippen LogP contribution in [0.4, 0.5) is 0 Å². The van der Waals surface area contributed by atoms with Crippen molar-refractivity contribution >= 4 is 29.9 Å². The minimum atomic E-state index is 0. The summed E-state index contributed by atoms with van der Waals surface area (Å²) in [7, 11) is 3.39. The number of ether oxygens (including phenoxy) is 4. The third-order valence-corrected chi connectivity index (χ3v) is 4.36. The Morgan fingerprint density at radius 3 is 2.50 bits per heavy atom. The lowest BCUT2D eigenvalue weighted by atomic mass is 10.1.